The van der Waals surface area contributed by atoms with Crippen LogP contribution in [0.4, 0.5) is 24.7 Å². The lowest BCUT2D eigenvalue weighted by molar-refractivity contribution is -0.117. The summed E-state index contributed by atoms with van der Waals surface area (Å²) >= 11 is 0. The molecule has 0 radical (unpaired) electrons. The predicted octanol–water partition coefficient (Wildman–Crippen LogP) is 4.16. The number of nitrogen functional groups attached to an aromatic ring is 1. The normalized spacial score (nSPS) is 16.3. The van der Waals surface area contributed by atoms with Gasteiger partial charge in [-0.1, -0.05) is 0 Å². The molecule has 1 aliphatic rings. The van der Waals surface area contributed by atoms with Gasteiger partial charge in [0.15, 0.2) is 0 Å². The number of benzene rings is 2. The van der Waals surface area contributed by atoms with Gasteiger partial charge in [-0.15, -0.1) is 0 Å². The van der Waals surface area contributed by atoms with Crippen LogP contribution in [0.15, 0.2) is 48.9 Å². The Kier molecular flexibility index (Phi) is 4.61. The minimum atomic E-state index is -0.568. The van der Waals surface area contributed by atoms with Crippen LogP contribution in [-0.2, 0) is 11.8 Å². The molecule has 6 nitrogen and oxygen atoms in total. The highest BCUT2D eigenvalue weighted by molar-refractivity contribution is 6.01. The van der Waals surface area contributed by atoms with Crippen LogP contribution in [0, 0.1) is 17.5 Å². The highest BCUT2D eigenvalue weighted by Gasteiger charge is 2.33. The van der Waals surface area contributed by atoms with Crippen molar-refractivity contribution >= 4 is 28.4 Å². The summed E-state index contributed by atoms with van der Waals surface area (Å²) in [5.74, 6) is -2.25. The molecular weight excluding hydrogens is 419 g/mol. The van der Waals surface area contributed by atoms with Gasteiger partial charge in [0, 0.05) is 48.9 Å². The molecule has 0 saturated carbocycles. The number of carbonyl (C=O) groups excluding carboxylic acids is 1. The number of aryl methyl sites for hydroxylation is 1. The van der Waals surface area contributed by atoms with Crippen LogP contribution in [0.2, 0.25) is 0 Å². The number of amides is 1. The van der Waals surface area contributed by atoms with E-state index in [1.54, 1.807) is 29.9 Å². The first-order valence-electron chi connectivity index (χ1n) is 9.94. The molecule has 162 valence electrons. The van der Waals surface area contributed by atoms with Crippen molar-refractivity contribution in [2.75, 3.05) is 17.2 Å². The standard InChI is InChI=1S/C23H18F3N5O/c1-30-10-17(21-22(27)28-11-29-23(21)30)15-4-3-14(8-19(15)26)31-9-12(6-20(31)32)16-7-13(24)2-5-18(16)25/h2-5,7-8,10-12H,6,9H2,1H3,(H2,27,28,29). The summed E-state index contributed by atoms with van der Waals surface area (Å²) in [6, 6.07) is 7.64. The molecule has 2 aromatic heterocycles. The minimum absolute atomic E-state index is 0.0148. The van der Waals surface area contributed by atoms with Gasteiger partial charge in [0.25, 0.3) is 0 Å². The Balaban J connectivity index is 1.49. The van der Waals surface area contributed by atoms with Crippen LogP contribution < -0.4 is 10.6 Å². The summed E-state index contributed by atoms with van der Waals surface area (Å²) < 4.78 is 44.7. The molecule has 1 aliphatic heterocycles. The van der Waals surface area contributed by atoms with E-state index in [-0.39, 0.29) is 30.3 Å². The summed E-state index contributed by atoms with van der Waals surface area (Å²) in [7, 11) is 1.78. The Morgan fingerprint density at radius 3 is 2.62 bits per heavy atom. The van der Waals surface area contributed by atoms with Gasteiger partial charge in [0.1, 0.15) is 35.2 Å². The maximum atomic E-state index is 15.2. The molecule has 2 N–H and O–H groups in total. The number of fused-ring (bicyclic) bond motifs is 1. The van der Waals surface area contributed by atoms with Gasteiger partial charge in [-0.2, -0.15) is 0 Å². The first-order valence-corrected chi connectivity index (χ1v) is 9.94. The average molecular weight is 437 g/mol. The molecule has 9 heteroatoms. The zero-order chi connectivity index (χ0) is 22.6. The molecule has 32 heavy (non-hydrogen) atoms. The van der Waals surface area contributed by atoms with Crippen molar-refractivity contribution in [3.8, 4) is 11.1 Å². The van der Waals surface area contributed by atoms with Crippen LogP contribution in [0.3, 0.4) is 0 Å². The number of nitrogens with two attached hydrogens (primary N) is 1. The zero-order valence-corrected chi connectivity index (χ0v) is 17.0. The summed E-state index contributed by atoms with van der Waals surface area (Å²) in [6.07, 6.45) is 3.08. The van der Waals surface area contributed by atoms with E-state index in [2.05, 4.69) is 9.97 Å². The largest absolute Gasteiger partial charge is 0.383 e. The van der Waals surface area contributed by atoms with Crippen LogP contribution in [0.5, 0.6) is 0 Å². The van der Waals surface area contributed by atoms with Crippen molar-refractivity contribution in [2.24, 2.45) is 7.05 Å². The van der Waals surface area contributed by atoms with Crippen molar-refractivity contribution in [1.29, 1.82) is 0 Å². The molecule has 0 spiro atoms. The number of hydrogen-bond acceptors (Lipinski definition) is 4. The van der Waals surface area contributed by atoms with Crippen LogP contribution in [0.1, 0.15) is 17.9 Å². The van der Waals surface area contributed by atoms with Gasteiger partial charge in [-0.05, 0) is 42.0 Å². The Bertz CT molecular complexity index is 1380. The number of halogens is 3. The zero-order valence-electron chi connectivity index (χ0n) is 17.0. The van der Waals surface area contributed by atoms with Crippen LogP contribution in [0.25, 0.3) is 22.2 Å². The third-order valence-electron chi connectivity index (χ3n) is 5.86. The van der Waals surface area contributed by atoms with E-state index in [1.807, 2.05) is 0 Å². The van der Waals surface area contributed by atoms with E-state index in [0.29, 0.717) is 27.8 Å². The van der Waals surface area contributed by atoms with E-state index in [1.165, 1.54) is 17.3 Å². The van der Waals surface area contributed by atoms with Gasteiger partial charge in [0.05, 0.1) is 5.39 Å². The fraction of sp³-hybridized carbons (Fsp3) is 0.174. The molecule has 1 fully saturated rings. The van der Waals surface area contributed by atoms with Crippen molar-refractivity contribution in [3.05, 3.63) is 71.9 Å². The third-order valence-corrected chi connectivity index (χ3v) is 5.86. The summed E-state index contributed by atoms with van der Waals surface area (Å²) in [6.45, 7) is 0.132. The van der Waals surface area contributed by atoms with Gasteiger partial charge in [-0.25, -0.2) is 23.1 Å². The second-order valence-corrected chi connectivity index (χ2v) is 7.85. The Morgan fingerprint density at radius 1 is 1.03 bits per heavy atom. The molecule has 1 amide bonds. The minimum Gasteiger partial charge on any atom is -0.383 e. The van der Waals surface area contributed by atoms with E-state index >= 15 is 4.39 Å². The SMILES string of the molecule is Cn1cc(-c2ccc(N3CC(c4cc(F)ccc4F)CC3=O)cc2F)c2c(N)ncnc21. The maximum absolute atomic E-state index is 15.2. The second kappa shape index (κ2) is 7.37. The lowest BCUT2D eigenvalue weighted by Gasteiger charge is -2.18. The summed E-state index contributed by atoms with van der Waals surface area (Å²) in [5, 5.41) is 0.542. The Labute approximate surface area is 181 Å². The Hall–Kier alpha value is -3.88. The maximum Gasteiger partial charge on any atom is 0.227 e. The number of nitrogens with zero attached hydrogens (tertiary/aromatic N) is 4. The second-order valence-electron chi connectivity index (χ2n) is 7.85. The average Bonchev–Trinajstić information content (AvgIpc) is 3.31. The lowest BCUT2D eigenvalue weighted by atomic mass is 9.97. The van der Waals surface area contributed by atoms with E-state index < -0.39 is 23.4 Å². The quantitative estimate of drug-likeness (QED) is 0.522. The third kappa shape index (κ3) is 3.17. The first kappa shape index (κ1) is 20.0. The number of rotatable bonds is 3. The molecule has 1 atom stereocenters. The number of hydrogen-bond donors (Lipinski definition) is 1. The fourth-order valence-electron chi connectivity index (χ4n) is 4.32. The van der Waals surface area contributed by atoms with Crippen LogP contribution >= 0.6 is 0 Å². The Morgan fingerprint density at radius 2 is 1.84 bits per heavy atom. The van der Waals surface area contributed by atoms with Gasteiger partial charge < -0.3 is 15.2 Å². The summed E-state index contributed by atoms with van der Waals surface area (Å²) in [4.78, 5) is 22.2. The molecule has 4 aromatic rings. The number of carbonyl (C=O) groups is 1. The van der Waals surface area contributed by atoms with Crippen LogP contribution in [-0.4, -0.2) is 27.0 Å². The monoisotopic (exact) mass is 437 g/mol. The molecule has 0 aliphatic carbocycles. The lowest BCUT2D eigenvalue weighted by Crippen LogP contribution is -2.24. The molecule has 5 rings (SSSR count). The van der Waals surface area contributed by atoms with Gasteiger partial charge in [0.2, 0.25) is 5.91 Å². The van der Waals surface area contributed by atoms with E-state index in [9.17, 15) is 13.6 Å². The molecule has 2 aromatic carbocycles. The van der Waals surface area contributed by atoms with E-state index in [0.717, 1.165) is 18.2 Å². The molecule has 1 saturated heterocycles. The molecular formula is C23H18F3N5O. The van der Waals surface area contributed by atoms with Crippen molar-refractivity contribution in [3.63, 3.8) is 0 Å². The summed E-state index contributed by atoms with van der Waals surface area (Å²) in [5.41, 5.74) is 7.90. The van der Waals surface area contributed by atoms with Gasteiger partial charge in [-0.3, -0.25) is 4.79 Å². The molecule has 3 heterocycles. The molecule has 1 unspecified atom stereocenters. The topological polar surface area (TPSA) is 77.0 Å². The predicted molar refractivity (Wildman–Crippen MR) is 114 cm³/mol. The van der Waals surface area contributed by atoms with Gasteiger partial charge >= 0.3 is 0 Å². The molecule has 0 bridgehead atoms. The highest BCUT2D eigenvalue weighted by Crippen LogP contribution is 2.37. The number of anilines is 2. The fourth-order valence-corrected chi connectivity index (χ4v) is 4.32. The van der Waals surface area contributed by atoms with Crippen molar-refractivity contribution < 1.29 is 18.0 Å². The number of aromatic nitrogens is 3. The highest BCUT2D eigenvalue weighted by atomic mass is 19.1. The smallest absolute Gasteiger partial charge is 0.227 e. The van der Waals surface area contributed by atoms with Crippen molar-refractivity contribution in [2.45, 2.75) is 12.3 Å². The van der Waals surface area contributed by atoms with E-state index in [4.69, 9.17) is 5.73 Å². The van der Waals surface area contributed by atoms with Crippen molar-refractivity contribution in [1.82, 2.24) is 14.5 Å². The first-order chi connectivity index (χ1) is 15.3.